The lowest BCUT2D eigenvalue weighted by molar-refractivity contribution is 0.100. The number of halogens is 1. The molecule has 0 spiro atoms. The van der Waals surface area contributed by atoms with Crippen LogP contribution in [0, 0.1) is 0 Å². The highest BCUT2D eigenvalue weighted by molar-refractivity contribution is 6.28. The fraction of sp³-hybridized carbons (Fsp3) is 0.278. The van der Waals surface area contributed by atoms with Crippen LogP contribution in [0.15, 0.2) is 24.3 Å². The van der Waals surface area contributed by atoms with Gasteiger partial charge < -0.3 is 22.1 Å². The molecule has 0 saturated heterocycles. The van der Waals surface area contributed by atoms with E-state index < -0.39 is 5.91 Å². The molecule has 29 heavy (non-hydrogen) atoms. The van der Waals surface area contributed by atoms with Crippen molar-refractivity contribution in [2.75, 3.05) is 16.4 Å². The highest BCUT2D eigenvalue weighted by Gasteiger charge is 2.25. The quantitative estimate of drug-likeness (QED) is 0.383. The number of nitrogens with zero attached hydrogens (tertiary/aromatic N) is 4. The van der Waals surface area contributed by atoms with Crippen LogP contribution in [-0.4, -0.2) is 31.1 Å². The van der Waals surface area contributed by atoms with Crippen LogP contribution in [0.1, 0.15) is 48.7 Å². The van der Waals surface area contributed by atoms with Gasteiger partial charge in [-0.3, -0.25) is 9.89 Å². The van der Waals surface area contributed by atoms with Crippen LogP contribution in [-0.2, 0) is 0 Å². The normalized spacial score (nSPS) is 12.7. The second kappa shape index (κ2) is 8.74. The van der Waals surface area contributed by atoms with Crippen LogP contribution in [0.2, 0.25) is 5.28 Å². The zero-order valence-electron chi connectivity index (χ0n) is 16.0. The molecule has 0 radical (unpaired) electrons. The van der Waals surface area contributed by atoms with Gasteiger partial charge in [-0.1, -0.05) is 13.8 Å². The van der Waals surface area contributed by atoms with Crippen molar-refractivity contribution < 1.29 is 4.79 Å². The Balaban J connectivity index is 0.00000117. The smallest absolute Gasteiger partial charge is 0.250 e. The average Bonchev–Trinajstić information content (AvgIpc) is 3.42. The summed E-state index contributed by atoms with van der Waals surface area (Å²) >= 11 is 5.99. The van der Waals surface area contributed by atoms with E-state index in [9.17, 15) is 4.79 Å². The van der Waals surface area contributed by atoms with Gasteiger partial charge in [0, 0.05) is 29.1 Å². The Kier molecular flexibility index (Phi) is 6.13. The number of amides is 1. The monoisotopic (exact) mass is 415 g/mol. The fourth-order valence-electron chi connectivity index (χ4n) is 2.57. The first-order valence-electron chi connectivity index (χ1n) is 9.18. The minimum atomic E-state index is -0.599. The van der Waals surface area contributed by atoms with Crippen molar-refractivity contribution >= 4 is 46.6 Å². The number of hydrogen-bond acceptors (Lipinski definition) is 8. The molecule has 0 unspecified atom stereocenters. The van der Waals surface area contributed by atoms with E-state index in [0.717, 1.165) is 5.69 Å². The summed E-state index contributed by atoms with van der Waals surface area (Å²) < 4.78 is 0. The first-order chi connectivity index (χ1) is 14.0. The molecule has 3 aromatic rings. The van der Waals surface area contributed by atoms with Crippen LogP contribution in [0.3, 0.4) is 0 Å². The minimum Gasteiger partial charge on any atom is -0.398 e. The Morgan fingerprint density at radius 2 is 1.83 bits per heavy atom. The number of benzene rings is 1. The van der Waals surface area contributed by atoms with E-state index in [2.05, 4.69) is 35.8 Å². The van der Waals surface area contributed by atoms with Crippen molar-refractivity contribution in [2.45, 2.75) is 32.6 Å². The number of nitrogens with one attached hydrogen (secondary N) is 3. The first-order valence-corrected chi connectivity index (χ1v) is 9.56. The lowest BCUT2D eigenvalue weighted by atomic mass is 10.1. The molecule has 0 bridgehead atoms. The summed E-state index contributed by atoms with van der Waals surface area (Å²) in [5, 5.41) is 13.2. The second-order valence-electron chi connectivity index (χ2n) is 6.15. The van der Waals surface area contributed by atoms with Gasteiger partial charge in [0.2, 0.25) is 17.2 Å². The zero-order chi connectivity index (χ0) is 21.0. The third kappa shape index (κ3) is 5.11. The number of H-pyrrole nitrogens is 1. The molecule has 10 nitrogen and oxygen atoms in total. The SMILES string of the molecule is CC.NC(=O)c1ccc(Nc2nc(Cl)nc(Nc3cc(C4CC4)[nH]n3)n2)cc1N. The standard InChI is InChI=1S/C16H16ClN9O.C2H6/c17-14-22-15(20-8-3-4-9(13(19)27)10(18)5-8)24-16(23-14)21-12-6-11(25-26-12)7-1-2-7;1-2/h3-7H,1-2,18H2,(H2,19,27)(H3,20,21,22,23,24,25,26);1-2H3. The van der Waals surface area contributed by atoms with Crippen molar-refractivity contribution in [3.8, 4) is 0 Å². The van der Waals surface area contributed by atoms with E-state index in [-0.39, 0.29) is 28.4 Å². The average molecular weight is 416 g/mol. The van der Waals surface area contributed by atoms with Crippen LogP contribution in [0.5, 0.6) is 0 Å². The summed E-state index contributed by atoms with van der Waals surface area (Å²) in [6.07, 6.45) is 2.34. The van der Waals surface area contributed by atoms with E-state index in [1.807, 2.05) is 19.9 Å². The van der Waals surface area contributed by atoms with Crippen LogP contribution in [0.25, 0.3) is 0 Å². The van der Waals surface area contributed by atoms with Crippen molar-refractivity contribution in [3.63, 3.8) is 0 Å². The van der Waals surface area contributed by atoms with Gasteiger partial charge >= 0.3 is 0 Å². The van der Waals surface area contributed by atoms with Gasteiger partial charge in [-0.2, -0.15) is 20.1 Å². The maximum Gasteiger partial charge on any atom is 0.250 e. The van der Waals surface area contributed by atoms with Crippen molar-refractivity contribution in [2.24, 2.45) is 5.73 Å². The number of aromatic nitrogens is 5. The van der Waals surface area contributed by atoms with Crippen LogP contribution in [0.4, 0.5) is 29.1 Å². The highest BCUT2D eigenvalue weighted by atomic mass is 35.5. The molecule has 2 heterocycles. The molecule has 1 aromatic carbocycles. The molecule has 152 valence electrons. The third-order valence-corrected chi connectivity index (χ3v) is 4.21. The summed E-state index contributed by atoms with van der Waals surface area (Å²) in [5.74, 6) is 1.01. The highest BCUT2D eigenvalue weighted by Crippen LogP contribution is 2.39. The Morgan fingerprint density at radius 1 is 1.14 bits per heavy atom. The maximum atomic E-state index is 11.3. The Labute approximate surface area is 172 Å². The molecular weight excluding hydrogens is 394 g/mol. The van der Waals surface area contributed by atoms with Gasteiger partial charge in [-0.05, 0) is 42.6 Å². The van der Waals surface area contributed by atoms with Gasteiger partial charge in [0.1, 0.15) is 0 Å². The predicted molar refractivity (Wildman–Crippen MR) is 113 cm³/mol. The summed E-state index contributed by atoms with van der Waals surface area (Å²) in [5.41, 5.74) is 13.2. The number of primary amides is 1. The molecule has 1 amide bonds. The van der Waals surface area contributed by atoms with Crippen LogP contribution < -0.4 is 22.1 Å². The van der Waals surface area contributed by atoms with Gasteiger partial charge in [0.25, 0.3) is 5.91 Å². The summed E-state index contributed by atoms with van der Waals surface area (Å²) in [6, 6.07) is 6.63. The molecule has 1 aliphatic carbocycles. The molecule has 7 N–H and O–H groups in total. The third-order valence-electron chi connectivity index (χ3n) is 4.04. The molecule has 1 aliphatic rings. The predicted octanol–water partition coefficient (Wildman–Crippen LogP) is 3.32. The van der Waals surface area contributed by atoms with Crippen molar-refractivity contribution in [3.05, 3.63) is 40.8 Å². The van der Waals surface area contributed by atoms with E-state index in [4.69, 9.17) is 23.1 Å². The van der Waals surface area contributed by atoms with E-state index >= 15 is 0 Å². The molecule has 0 aliphatic heterocycles. The number of rotatable bonds is 6. The van der Waals surface area contributed by atoms with Gasteiger partial charge in [-0.15, -0.1) is 0 Å². The number of carbonyl (C=O) groups excluding carboxylic acids is 1. The number of nitrogens with two attached hydrogens (primary N) is 2. The molecule has 1 fully saturated rings. The maximum absolute atomic E-state index is 11.3. The minimum absolute atomic E-state index is 0.00896. The number of nitrogen functional groups attached to an aromatic ring is 1. The van der Waals surface area contributed by atoms with Gasteiger partial charge in [0.05, 0.1) is 5.56 Å². The Hall–Kier alpha value is -3.40. The molecule has 0 atom stereocenters. The Morgan fingerprint density at radius 3 is 2.45 bits per heavy atom. The van der Waals surface area contributed by atoms with Crippen molar-refractivity contribution in [1.82, 2.24) is 25.1 Å². The summed E-state index contributed by atoms with van der Waals surface area (Å²) in [6.45, 7) is 4.00. The molecular formula is C18H22ClN9O. The number of carbonyl (C=O) groups is 1. The lowest BCUT2D eigenvalue weighted by Crippen LogP contribution is -2.13. The fourth-order valence-corrected chi connectivity index (χ4v) is 2.73. The van der Waals surface area contributed by atoms with E-state index in [1.165, 1.54) is 18.9 Å². The summed E-state index contributed by atoms with van der Waals surface area (Å²) in [4.78, 5) is 23.6. The Bertz CT molecular complexity index is 1020. The van der Waals surface area contributed by atoms with Crippen molar-refractivity contribution in [1.29, 1.82) is 0 Å². The van der Waals surface area contributed by atoms with E-state index in [1.54, 1.807) is 12.1 Å². The first kappa shape index (κ1) is 20.3. The molecule has 2 aromatic heterocycles. The zero-order valence-corrected chi connectivity index (χ0v) is 16.8. The lowest BCUT2D eigenvalue weighted by Gasteiger charge is -2.09. The second-order valence-corrected chi connectivity index (χ2v) is 6.49. The van der Waals surface area contributed by atoms with Gasteiger partial charge in [-0.25, -0.2) is 0 Å². The summed E-state index contributed by atoms with van der Waals surface area (Å²) in [7, 11) is 0. The molecule has 4 rings (SSSR count). The van der Waals surface area contributed by atoms with Gasteiger partial charge in [0.15, 0.2) is 5.82 Å². The number of aromatic amines is 1. The molecule has 1 saturated carbocycles. The topological polar surface area (TPSA) is 161 Å². The number of hydrogen-bond donors (Lipinski definition) is 5. The largest absolute Gasteiger partial charge is 0.398 e. The number of anilines is 5. The van der Waals surface area contributed by atoms with Crippen LogP contribution >= 0.6 is 11.6 Å². The van der Waals surface area contributed by atoms with E-state index in [0.29, 0.717) is 17.4 Å². The molecule has 11 heteroatoms.